The van der Waals surface area contributed by atoms with Crippen LogP contribution in [0.4, 0.5) is 5.69 Å². The molecule has 0 aliphatic carbocycles. The Hall–Kier alpha value is -2.56. The molecule has 0 aliphatic rings. The molecule has 128 valence electrons. The first-order valence-electron chi connectivity index (χ1n) is 8.24. The average Bonchev–Trinajstić information content (AvgIpc) is 2.59. The molecule has 1 aromatic heterocycles. The first kappa shape index (κ1) is 17.8. The second-order valence-electron chi connectivity index (χ2n) is 6.12. The van der Waals surface area contributed by atoms with Crippen LogP contribution in [-0.2, 0) is 13.6 Å². The summed E-state index contributed by atoms with van der Waals surface area (Å²) < 4.78 is 1.61. The van der Waals surface area contributed by atoms with Crippen LogP contribution in [0.3, 0.4) is 0 Å². The van der Waals surface area contributed by atoms with Crippen LogP contribution in [0.2, 0.25) is 0 Å². The maximum Gasteiger partial charge on any atom is 0.255 e. The third-order valence-electron chi connectivity index (χ3n) is 4.42. The SMILES string of the molecule is CCC(C)c1ccc(NC(N)=NCc2ccc(C)n(C)c2=O)cc1. The van der Waals surface area contributed by atoms with Crippen molar-refractivity contribution in [1.29, 1.82) is 0 Å². The smallest absolute Gasteiger partial charge is 0.255 e. The van der Waals surface area contributed by atoms with E-state index in [1.165, 1.54) is 5.56 Å². The third-order valence-corrected chi connectivity index (χ3v) is 4.42. The Morgan fingerprint density at radius 2 is 1.92 bits per heavy atom. The number of aromatic nitrogens is 1. The lowest BCUT2D eigenvalue weighted by Gasteiger charge is -2.11. The maximum atomic E-state index is 12.1. The van der Waals surface area contributed by atoms with Crippen molar-refractivity contribution in [3.8, 4) is 0 Å². The van der Waals surface area contributed by atoms with Gasteiger partial charge in [0.05, 0.1) is 6.54 Å². The molecule has 5 heteroatoms. The van der Waals surface area contributed by atoms with Crippen molar-refractivity contribution < 1.29 is 0 Å². The lowest BCUT2D eigenvalue weighted by Crippen LogP contribution is -2.25. The van der Waals surface area contributed by atoms with Gasteiger partial charge >= 0.3 is 0 Å². The van der Waals surface area contributed by atoms with Crippen molar-refractivity contribution in [2.75, 3.05) is 5.32 Å². The van der Waals surface area contributed by atoms with E-state index in [9.17, 15) is 4.79 Å². The lowest BCUT2D eigenvalue weighted by atomic mass is 9.99. The van der Waals surface area contributed by atoms with Gasteiger partial charge < -0.3 is 15.6 Å². The maximum absolute atomic E-state index is 12.1. The van der Waals surface area contributed by atoms with Crippen molar-refractivity contribution in [1.82, 2.24) is 4.57 Å². The van der Waals surface area contributed by atoms with Crippen LogP contribution >= 0.6 is 0 Å². The van der Waals surface area contributed by atoms with E-state index in [-0.39, 0.29) is 12.1 Å². The zero-order chi connectivity index (χ0) is 17.7. The van der Waals surface area contributed by atoms with Gasteiger partial charge in [-0.3, -0.25) is 4.79 Å². The quantitative estimate of drug-likeness (QED) is 0.655. The Labute approximate surface area is 143 Å². The number of hydrogen-bond donors (Lipinski definition) is 2. The molecular formula is C19H26N4O. The first-order valence-corrected chi connectivity index (χ1v) is 8.24. The summed E-state index contributed by atoms with van der Waals surface area (Å²) in [6, 6.07) is 11.9. The molecule has 0 bridgehead atoms. The number of nitrogens with one attached hydrogen (secondary N) is 1. The summed E-state index contributed by atoms with van der Waals surface area (Å²) in [5.74, 6) is 0.844. The predicted molar refractivity (Wildman–Crippen MR) is 101 cm³/mol. The van der Waals surface area contributed by atoms with Crippen LogP contribution in [-0.4, -0.2) is 10.5 Å². The highest BCUT2D eigenvalue weighted by atomic mass is 16.1. The molecular weight excluding hydrogens is 300 g/mol. The molecule has 0 fully saturated rings. The minimum Gasteiger partial charge on any atom is -0.370 e. The van der Waals surface area contributed by atoms with Crippen LogP contribution in [0, 0.1) is 6.92 Å². The minimum atomic E-state index is -0.0375. The Bertz CT molecular complexity index is 775. The number of aryl methyl sites for hydroxylation is 1. The van der Waals surface area contributed by atoms with Gasteiger partial charge in [0.2, 0.25) is 0 Å². The van der Waals surface area contributed by atoms with Gasteiger partial charge in [-0.15, -0.1) is 0 Å². The zero-order valence-corrected chi connectivity index (χ0v) is 14.8. The summed E-state index contributed by atoms with van der Waals surface area (Å²) in [7, 11) is 1.76. The highest BCUT2D eigenvalue weighted by molar-refractivity contribution is 5.92. The van der Waals surface area contributed by atoms with Crippen molar-refractivity contribution in [3.63, 3.8) is 0 Å². The van der Waals surface area contributed by atoms with Crippen LogP contribution in [0.25, 0.3) is 0 Å². The molecule has 0 aliphatic heterocycles. The summed E-state index contributed by atoms with van der Waals surface area (Å²) >= 11 is 0. The molecule has 1 heterocycles. The lowest BCUT2D eigenvalue weighted by molar-refractivity contribution is 0.734. The van der Waals surface area contributed by atoms with E-state index in [4.69, 9.17) is 5.73 Å². The summed E-state index contributed by atoms with van der Waals surface area (Å²) in [5, 5.41) is 3.06. The average molecular weight is 326 g/mol. The van der Waals surface area contributed by atoms with E-state index in [0.717, 1.165) is 17.8 Å². The summed E-state index contributed by atoms with van der Waals surface area (Å²) in [6.07, 6.45) is 1.11. The van der Waals surface area contributed by atoms with E-state index >= 15 is 0 Å². The Balaban J connectivity index is 2.04. The van der Waals surface area contributed by atoms with Gasteiger partial charge in [0, 0.05) is 24.0 Å². The topological polar surface area (TPSA) is 72.4 Å². The van der Waals surface area contributed by atoms with Gasteiger partial charge in [-0.1, -0.05) is 26.0 Å². The molecule has 0 radical (unpaired) electrons. The molecule has 1 aromatic carbocycles. The Morgan fingerprint density at radius 1 is 1.25 bits per heavy atom. The molecule has 1 unspecified atom stereocenters. The van der Waals surface area contributed by atoms with E-state index < -0.39 is 0 Å². The fraction of sp³-hybridized carbons (Fsp3) is 0.368. The number of benzene rings is 1. The zero-order valence-electron chi connectivity index (χ0n) is 14.8. The molecule has 3 N–H and O–H groups in total. The molecule has 24 heavy (non-hydrogen) atoms. The molecule has 5 nitrogen and oxygen atoms in total. The second-order valence-corrected chi connectivity index (χ2v) is 6.12. The highest BCUT2D eigenvalue weighted by Gasteiger charge is 2.04. The van der Waals surface area contributed by atoms with E-state index in [1.807, 2.05) is 25.1 Å². The third kappa shape index (κ3) is 4.25. The number of aliphatic imine (C=N–C) groups is 1. The van der Waals surface area contributed by atoms with Gasteiger partial charge in [-0.05, 0) is 49.1 Å². The molecule has 1 atom stereocenters. The van der Waals surface area contributed by atoms with Gasteiger partial charge in [-0.2, -0.15) is 0 Å². The van der Waals surface area contributed by atoms with Crippen LogP contribution in [0.1, 0.15) is 43.0 Å². The monoisotopic (exact) mass is 326 g/mol. The largest absolute Gasteiger partial charge is 0.370 e. The summed E-state index contributed by atoms with van der Waals surface area (Å²) in [5.41, 5.74) is 9.63. The van der Waals surface area contributed by atoms with E-state index in [1.54, 1.807) is 17.7 Å². The summed E-state index contributed by atoms with van der Waals surface area (Å²) in [4.78, 5) is 16.4. The Morgan fingerprint density at radius 3 is 2.54 bits per heavy atom. The number of pyridine rings is 1. The Kier molecular flexibility index (Phi) is 5.79. The van der Waals surface area contributed by atoms with E-state index in [2.05, 4.69) is 36.3 Å². The summed E-state index contributed by atoms with van der Waals surface area (Å²) in [6.45, 7) is 6.54. The molecule has 0 saturated heterocycles. The first-order chi connectivity index (χ1) is 11.4. The standard InChI is InChI=1S/C19H26N4O/c1-5-13(2)15-8-10-17(11-9-15)22-19(20)21-12-16-7-6-14(3)23(4)18(16)24/h6-11,13H,5,12H2,1-4H3,(H3,20,21,22). The van der Waals surface area contributed by atoms with Crippen molar-refractivity contribution in [3.05, 3.63) is 63.6 Å². The van der Waals surface area contributed by atoms with Crippen molar-refractivity contribution >= 4 is 11.6 Å². The number of guanidine groups is 1. The van der Waals surface area contributed by atoms with Gasteiger partial charge in [0.1, 0.15) is 0 Å². The minimum absolute atomic E-state index is 0.0375. The molecule has 2 aromatic rings. The molecule has 0 spiro atoms. The van der Waals surface area contributed by atoms with Gasteiger partial charge in [-0.25, -0.2) is 4.99 Å². The molecule has 0 amide bonds. The number of nitrogens with two attached hydrogens (primary N) is 1. The number of rotatable bonds is 5. The van der Waals surface area contributed by atoms with Crippen LogP contribution in [0.5, 0.6) is 0 Å². The fourth-order valence-electron chi connectivity index (χ4n) is 2.39. The number of hydrogen-bond acceptors (Lipinski definition) is 2. The van der Waals surface area contributed by atoms with Gasteiger partial charge in [0.25, 0.3) is 5.56 Å². The van der Waals surface area contributed by atoms with Crippen molar-refractivity contribution in [2.24, 2.45) is 17.8 Å². The van der Waals surface area contributed by atoms with Crippen LogP contribution in [0.15, 0.2) is 46.2 Å². The number of nitrogens with zero attached hydrogens (tertiary/aromatic N) is 2. The highest BCUT2D eigenvalue weighted by Crippen LogP contribution is 2.20. The second kappa shape index (κ2) is 7.81. The predicted octanol–water partition coefficient (Wildman–Crippen LogP) is 3.13. The molecule has 0 saturated carbocycles. The van der Waals surface area contributed by atoms with Gasteiger partial charge in [0.15, 0.2) is 5.96 Å². The normalized spacial score (nSPS) is 12.9. The van der Waals surface area contributed by atoms with E-state index in [0.29, 0.717) is 17.4 Å². The van der Waals surface area contributed by atoms with Crippen molar-refractivity contribution in [2.45, 2.75) is 39.7 Å². The number of anilines is 1. The fourth-order valence-corrected chi connectivity index (χ4v) is 2.39. The molecule has 2 rings (SSSR count). The van der Waals surface area contributed by atoms with Crippen LogP contribution < -0.4 is 16.6 Å².